The fraction of sp³-hybridized carbons (Fsp3) is 1.00. The molecule has 5 nitrogen and oxygen atoms in total. The molecule has 1 rings (SSSR count). The lowest BCUT2D eigenvalue weighted by molar-refractivity contribution is -0.00452. The molecule has 0 aliphatic heterocycles. The van der Waals surface area contributed by atoms with E-state index in [1.54, 1.807) is 20.8 Å². The van der Waals surface area contributed by atoms with Crippen molar-refractivity contribution in [3.05, 3.63) is 0 Å². The first kappa shape index (κ1) is 16.9. The Bertz CT molecular complexity index is 379. The fourth-order valence-electron chi connectivity index (χ4n) is 2.47. The summed E-state index contributed by atoms with van der Waals surface area (Å²) >= 11 is 0. The van der Waals surface area contributed by atoms with Gasteiger partial charge in [-0.05, 0) is 52.4 Å². The van der Waals surface area contributed by atoms with Gasteiger partial charge in [0.25, 0.3) is 10.2 Å². The van der Waals surface area contributed by atoms with Crippen LogP contribution in [0.1, 0.15) is 59.8 Å². The second-order valence-corrected chi connectivity index (χ2v) is 8.25. The van der Waals surface area contributed by atoms with Gasteiger partial charge in [0.15, 0.2) is 0 Å². The van der Waals surface area contributed by atoms with Gasteiger partial charge in [-0.2, -0.15) is 17.9 Å². The van der Waals surface area contributed by atoms with Crippen molar-refractivity contribution in [2.45, 2.75) is 70.9 Å². The average molecular weight is 292 g/mol. The van der Waals surface area contributed by atoms with E-state index in [4.69, 9.17) is 0 Å². The molecule has 0 heterocycles. The molecule has 1 aliphatic rings. The van der Waals surface area contributed by atoms with E-state index in [0.717, 1.165) is 19.3 Å². The standard InChI is InChI=1S/C13H28N2O3S/c1-5-11-6-8-13(16,9-7-11)10-14-19(17,18)15-12(2,3)4/h11,14-16H,5-10H2,1-4H3. The van der Waals surface area contributed by atoms with Crippen LogP contribution >= 0.6 is 0 Å². The Morgan fingerprint density at radius 3 is 2.21 bits per heavy atom. The monoisotopic (exact) mass is 292 g/mol. The molecule has 0 saturated heterocycles. The van der Waals surface area contributed by atoms with Crippen molar-refractivity contribution >= 4 is 10.2 Å². The third kappa shape index (κ3) is 6.21. The van der Waals surface area contributed by atoms with Crippen molar-refractivity contribution in [1.82, 2.24) is 9.44 Å². The van der Waals surface area contributed by atoms with E-state index in [0.29, 0.717) is 18.8 Å². The molecule has 19 heavy (non-hydrogen) atoms. The number of rotatable bonds is 5. The van der Waals surface area contributed by atoms with E-state index in [-0.39, 0.29) is 6.54 Å². The molecule has 0 bridgehead atoms. The zero-order valence-corrected chi connectivity index (χ0v) is 13.3. The largest absolute Gasteiger partial charge is 0.389 e. The minimum atomic E-state index is -3.56. The lowest BCUT2D eigenvalue weighted by Crippen LogP contribution is -2.52. The maximum absolute atomic E-state index is 11.8. The first-order valence-electron chi connectivity index (χ1n) is 7.06. The highest BCUT2D eigenvalue weighted by molar-refractivity contribution is 7.87. The number of hydrogen-bond acceptors (Lipinski definition) is 3. The van der Waals surface area contributed by atoms with Gasteiger partial charge in [-0.1, -0.05) is 13.3 Å². The summed E-state index contributed by atoms with van der Waals surface area (Å²) in [6.07, 6.45) is 4.42. The summed E-state index contributed by atoms with van der Waals surface area (Å²) in [7, 11) is -3.56. The molecule has 1 aliphatic carbocycles. The van der Waals surface area contributed by atoms with Gasteiger partial charge in [-0.3, -0.25) is 0 Å². The van der Waals surface area contributed by atoms with Crippen molar-refractivity contribution < 1.29 is 13.5 Å². The maximum atomic E-state index is 11.8. The molecule has 0 aromatic heterocycles. The highest BCUT2D eigenvalue weighted by Crippen LogP contribution is 2.33. The average Bonchev–Trinajstić information content (AvgIpc) is 2.25. The predicted molar refractivity (Wildman–Crippen MR) is 77.0 cm³/mol. The normalized spacial score (nSPS) is 29.4. The van der Waals surface area contributed by atoms with Gasteiger partial charge in [0.05, 0.1) is 5.60 Å². The molecule has 0 aromatic rings. The molecule has 0 atom stereocenters. The van der Waals surface area contributed by atoms with Crippen molar-refractivity contribution in [2.75, 3.05) is 6.54 Å². The van der Waals surface area contributed by atoms with Crippen LogP contribution in [-0.4, -0.2) is 31.2 Å². The molecule has 3 N–H and O–H groups in total. The lowest BCUT2D eigenvalue weighted by atomic mass is 9.78. The van der Waals surface area contributed by atoms with Gasteiger partial charge < -0.3 is 5.11 Å². The van der Waals surface area contributed by atoms with Crippen LogP contribution < -0.4 is 9.44 Å². The number of nitrogens with one attached hydrogen (secondary N) is 2. The maximum Gasteiger partial charge on any atom is 0.277 e. The van der Waals surface area contributed by atoms with Crippen LogP contribution in [-0.2, 0) is 10.2 Å². The minimum absolute atomic E-state index is 0.0921. The van der Waals surface area contributed by atoms with Gasteiger partial charge >= 0.3 is 0 Å². The Kier molecular flexibility index (Phi) is 5.40. The molecule has 1 fully saturated rings. The summed E-state index contributed by atoms with van der Waals surface area (Å²) in [4.78, 5) is 0. The predicted octanol–water partition coefficient (Wildman–Crippen LogP) is 1.54. The van der Waals surface area contributed by atoms with Crippen molar-refractivity contribution in [2.24, 2.45) is 5.92 Å². The first-order valence-corrected chi connectivity index (χ1v) is 8.54. The van der Waals surface area contributed by atoms with Crippen molar-refractivity contribution in [3.63, 3.8) is 0 Å². The van der Waals surface area contributed by atoms with Crippen molar-refractivity contribution in [3.8, 4) is 0 Å². The van der Waals surface area contributed by atoms with Crippen molar-refractivity contribution in [1.29, 1.82) is 0 Å². The third-order valence-corrected chi connectivity index (χ3v) is 5.05. The van der Waals surface area contributed by atoms with Crippen LogP contribution in [0.4, 0.5) is 0 Å². The Balaban J connectivity index is 2.48. The van der Waals surface area contributed by atoms with E-state index >= 15 is 0 Å². The fourth-order valence-corrected chi connectivity index (χ4v) is 3.81. The van der Waals surface area contributed by atoms with E-state index in [1.807, 2.05) is 0 Å². The van der Waals surface area contributed by atoms with E-state index in [1.165, 1.54) is 0 Å². The molecule has 0 amide bonds. The Morgan fingerprint density at radius 1 is 1.26 bits per heavy atom. The summed E-state index contributed by atoms with van der Waals surface area (Å²) < 4.78 is 28.6. The molecular weight excluding hydrogens is 264 g/mol. The summed E-state index contributed by atoms with van der Waals surface area (Å²) in [5.41, 5.74) is -1.41. The summed E-state index contributed by atoms with van der Waals surface area (Å²) in [6, 6.07) is 0. The van der Waals surface area contributed by atoms with E-state index in [2.05, 4.69) is 16.4 Å². The van der Waals surface area contributed by atoms with Crippen LogP contribution in [0.25, 0.3) is 0 Å². The second-order valence-electron chi connectivity index (χ2n) is 6.75. The molecule has 0 spiro atoms. The van der Waals surface area contributed by atoms with Crippen LogP contribution in [0.3, 0.4) is 0 Å². The Labute approximate surface area is 117 Å². The molecule has 0 aromatic carbocycles. The van der Waals surface area contributed by atoms with Crippen LogP contribution in [0.15, 0.2) is 0 Å². The molecule has 0 radical (unpaired) electrons. The van der Waals surface area contributed by atoms with E-state index < -0.39 is 21.3 Å². The smallest absolute Gasteiger partial charge is 0.277 e. The Hall–Kier alpha value is -0.170. The highest BCUT2D eigenvalue weighted by atomic mass is 32.2. The topological polar surface area (TPSA) is 78.4 Å². The van der Waals surface area contributed by atoms with Gasteiger partial charge in [0.2, 0.25) is 0 Å². The number of hydrogen-bond donors (Lipinski definition) is 3. The number of aliphatic hydroxyl groups is 1. The third-order valence-electron chi connectivity index (χ3n) is 3.65. The SMILES string of the molecule is CCC1CCC(O)(CNS(=O)(=O)NC(C)(C)C)CC1. The molecular formula is C13H28N2O3S. The zero-order chi connectivity index (χ0) is 14.7. The van der Waals surface area contributed by atoms with Gasteiger partial charge in [0.1, 0.15) is 0 Å². The minimum Gasteiger partial charge on any atom is -0.389 e. The summed E-state index contributed by atoms with van der Waals surface area (Å²) in [5, 5.41) is 10.4. The summed E-state index contributed by atoms with van der Waals surface area (Å²) in [5.74, 6) is 0.671. The molecule has 1 saturated carbocycles. The molecule has 0 unspecified atom stereocenters. The quantitative estimate of drug-likeness (QED) is 0.719. The zero-order valence-electron chi connectivity index (χ0n) is 12.5. The highest BCUT2D eigenvalue weighted by Gasteiger charge is 2.34. The summed E-state index contributed by atoms with van der Waals surface area (Å²) in [6.45, 7) is 7.61. The van der Waals surface area contributed by atoms with E-state index in [9.17, 15) is 13.5 Å². The first-order chi connectivity index (χ1) is 8.55. The van der Waals surface area contributed by atoms with Crippen LogP contribution in [0.2, 0.25) is 0 Å². The van der Waals surface area contributed by atoms with Gasteiger partial charge in [-0.25, -0.2) is 0 Å². The molecule has 6 heteroatoms. The Morgan fingerprint density at radius 2 is 1.79 bits per heavy atom. The molecule has 114 valence electrons. The second kappa shape index (κ2) is 6.08. The van der Waals surface area contributed by atoms with Crippen LogP contribution in [0, 0.1) is 5.92 Å². The van der Waals surface area contributed by atoms with Gasteiger partial charge in [-0.15, -0.1) is 0 Å². The van der Waals surface area contributed by atoms with Crippen LogP contribution in [0.5, 0.6) is 0 Å². The lowest BCUT2D eigenvalue weighted by Gasteiger charge is -2.36. The van der Waals surface area contributed by atoms with Gasteiger partial charge in [0, 0.05) is 12.1 Å².